The van der Waals surface area contributed by atoms with Crippen molar-refractivity contribution >= 4 is 21.6 Å². The number of hydrogen-bond donors (Lipinski definition) is 2. The minimum atomic E-state index is -3.60. The van der Waals surface area contributed by atoms with Crippen LogP contribution in [0.4, 0.5) is 14.9 Å². The molecule has 0 aromatic heterocycles. The van der Waals surface area contributed by atoms with Crippen molar-refractivity contribution in [2.75, 3.05) is 11.1 Å². The van der Waals surface area contributed by atoms with E-state index >= 15 is 0 Å². The van der Waals surface area contributed by atoms with Crippen molar-refractivity contribution < 1.29 is 17.6 Å². The summed E-state index contributed by atoms with van der Waals surface area (Å²) in [6.45, 7) is 3.48. The smallest absolute Gasteiger partial charge is 0.319 e. The number of urea groups is 1. The summed E-state index contributed by atoms with van der Waals surface area (Å²) in [5.74, 6) is -0.376. The van der Waals surface area contributed by atoms with E-state index in [0.29, 0.717) is 5.92 Å². The summed E-state index contributed by atoms with van der Waals surface area (Å²) in [5.41, 5.74) is 0.0963. The normalized spacial score (nSPS) is 21.4. The van der Waals surface area contributed by atoms with Gasteiger partial charge in [0.05, 0.1) is 16.3 Å². The molecule has 2 unspecified atom stereocenters. The van der Waals surface area contributed by atoms with Crippen LogP contribution >= 0.6 is 0 Å². The number of halogens is 1. The third-order valence-corrected chi connectivity index (χ3v) is 5.10. The second-order valence-corrected chi connectivity index (χ2v) is 7.21. The Morgan fingerprint density at radius 1 is 1.45 bits per heavy atom. The van der Waals surface area contributed by atoms with Crippen molar-refractivity contribution in [1.82, 2.24) is 5.32 Å². The summed E-state index contributed by atoms with van der Waals surface area (Å²) in [6.07, 6.45) is 0.914. The molecular weight excluding hydrogens is 283 g/mol. The third-order valence-electron chi connectivity index (χ3n) is 3.33. The van der Waals surface area contributed by atoms with E-state index in [2.05, 4.69) is 10.6 Å². The molecule has 1 aliphatic rings. The highest BCUT2D eigenvalue weighted by Crippen LogP contribution is 2.29. The van der Waals surface area contributed by atoms with Gasteiger partial charge in [-0.2, -0.15) is 0 Å². The lowest BCUT2D eigenvalue weighted by molar-refractivity contribution is 0.251. The van der Waals surface area contributed by atoms with Crippen molar-refractivity contribution in [2.45, 2.75) is 31.2 Å². The van der Waals surface area contributed by atoms with Crippen LogP contribution in [0.15, 0.2) is 23.1 Å². The third kappa shape index (κ3) is 3.27. The lowest BCUT2D eigenvalue weighted by Gasteiger charge is -2.12. The molecule has 0 aliphatic heterocycles. The van der Waals surface area contributed by atoms with Crippen molar-refractivity contribution in [2.24, 2.45) is 5.92 Å². The van der Waals surface area contributed by atoms with Crippen LogP contribution in [0.25, 0.3) is 0 Å². The van der Waals surface area contributed by atoms with E-state index < -0.39 is 21.7 Å². The SMILES string of the molecule is CCS(=O)(=O)c1cc(F)ccc1NC(=O)NC1CC1C. The molecule has 5 nitrogen and oxygen atoms in total. The summed E-state index contributed by atoms with van der Waals surface area (Å²) in [6, 6.07) is 2.95. The Labute approximate surface area is 117 Å². The molecule has 0 heterocycles. The molecule has 0 radical (unpaired) electrons. The Hall–Kier alpha value is -1.63. The summed E-state index contributed by atoms with van der Waals surface area (Å²) in [7, 11) is -3.60. The zero-order valence-electron chi connectivity index (χ0n) is 11.3. The van der Waals surface area contributed by atoms with Gasteiger partial charge in [-0.25, -0.2) is 17.6 Å². The highest BCUT2D eigenvalue weighted by atomic mass is 32.2. The average molecular weight is 300 g/mol. The first-order chi connectivity index (χ1) is 9.33. The van der Waals surface area contributed by atoms with E-state index in [4.69, 9.17) is 0 Å². The van der Waals surface area contributed by atoms with Gasteiger partial charge in [0.25, 0.3) is 0 Å². The predicted molar refractivity (Wildman–Crippen MR) is 73.9 cm³/mol. The predicted octanol–water partition coefficient (Wildman–Crippen LogP) is 2.15. The molecule has 2 amide bonds. The molecule has 1 aromatic carbocycles. The maximum Gasteiger partial charge on any atom is 0.319 e. The van der Waals surface area contributed by atoms with Gasteiger partial charge < -0.3 is 10.6 Å². The van der Waals surface area contributed by atoms with Crippen LogP contribution in [0.3, 0.4) is 0 Å². The van der Waals surface area contributed by atoms with E-state index in [9.17, 15) is 17.6 Å². The Bertz CT molecular complexity index is 631. The van der Waals surface area contributed by atoms with Crippen LogP contribution in [0.1, 0.15) is 20.3 Å². The van der Waals surface area contributed by atoms with Crippen LogP contribution in [-0.2, 0) is 9.84 Å². The second-order valence-electron chi connectivity index (χ2n) is 4.96. The summed E-state index contributed by atoms with van der Waals surface area (Å²) >= 11 is 0. The first-order valence-electron chi connectivity index (χ1n) is 6.43. The number of rotatable bonds is 4. The van der Waals surface area contributed by atoms with Gasteiger partial charge in [-0.15, -0.1) is 0 Å². The van der Waals surface area contributed by atoms with Crippen LogP contribution in [0, 0.1) is 11.7 Å². The Kier molecular flexibility index (Phi) is 3.99. The number of sulfone groups is 1. The molecule has 0 spiro atoms. The zero-order chi connectivity index (χ0) is 14.9. The van der Waals surface area contributed by atoms with Gasteiger partial charge >= 0.3 is 6.03 Å². The lowest BCUT2D eigenvalue weighted by Crippen LogP contribution is -2.31. The molecule has 1 saturated carbocycles. The van der Waals surface area contributed by atoms with E-state index in [1.54, 1.807) is 0 Å². The Morgan fingerprint density at radius 2 is 2.10 bits per heavy atom. The first-order valence-corrected chi connectivity index (χ1v) is 8.08. The molecule has 7 heteroatoms. The summed E-state index contributed by atoms with van der Waals surface area (Å²) in [4.78, 5) is 11.6. The largest absolute Gasteiger partial charge is 0.335 e. The second kappa shape index (κ2) is 5.40. The molecule has 2 atom stereocenters. The number of carbonyl (C=O) groups is 1. The minimum absolute atomic E-state index is 0.0963. The fourth-order valence-corrected chi connectivity index (χ4v) is 2.92. The van der Waals surface area contributed by atoms with Gasteiger partial charge in [-0.3, -0.25) is 0 Å². The van der Waals surface area contributed by atoms with E-state index in [-0.39, 0.29) is 22.4 Å². The van der Waals surface area contributed by atoms with Crippen molar-refractivity contribution in [3.05, 3.63) is 24.0 Å². The molecule has 110 valence electrons. The molecular formula is C13H17FN2O3S. The molecule has 1 fully saturated rings. The van der Waals surface area contributed by atoms with Gasteiger partial charge in [0, 0.05) is 6.04 Å². The quantitative estimate of drug-likeness (QED) is 0.894. The molecule has 20 heavy (non-hydrogen) atoms. The number of benzene rings is 1. The molecule has 0 bridgehead atoms. The van der Waals surface area contributed by atoms with Crippen molar-refractivity contribution in [3.8, 4) is 0 Å². The maximum absolute atomic E-state index is 13.2. The zero-order valence-corrected chi connectivity index (χ0v) is 12.1. The van der Waals surface area contributed by atoms with E-state index in [0.717, 1.165) is 18.6 Å². The van der Waals surface area contributed by atoms with E-state index in [1.807, 2.05) is 6.92 Å². The Balaban J connectivity index is 2.20. The molecule has 0 saturated heterocycles. The number of nitrogens with one attached hydrogen (secondary N) is 2. The van der Waals surface area contributed by atoms with Crippen LogP contribution in [0.2, 0.25) is 0 Å². The molecule has 1 aromatic rings. The fraction of sp³-hybridized carbons (Fsp3) is 0.462. The highest BCUT2D eigenvalue weighted by Gasteiger charge is 2.34. The van der Waals surface area contributed by atoms with Gasteiger partial charge in [0.2, 0.25) is 0 Å². The molecule has 2 N–H and O–H groups in total. The molecule has 1 aliphatic carbocycles. The maximum atomic E-state index is 13.2. The number of hydrogen-bond acceptors (Lipinski definition) is 3. The first kappa shape index (κ1) is 14.8. The highest BCUT2D eigenvalue weighted by molar-refractivity contribution is 7.91. The number of carbonyl (C=O) groups excluding carboxylic acids is 1. The average Bonchev–Trinajstić information content (AvgIpc) is 3.06. The summed E-state index contributed by atoms with van der Waals surface area (Å²) < 4.78 is 37.0. The van der Waals surface area contributed by atoms with Crippen LogP contribution in [-0.4, -0.2) is 26.2 Å². The van der Waals surface area contributed by atoms with Crippen molar-refractivity contribution in [1.29, 1.82) is 0 Å². The summed E-state index contributed by atoms with van der Waals surface area (Å²) in [5, 5.41) is 5.20. The number of anilines is 1. The topological polar surface area (TPSA) is 75.3 Å². The fourth-order valence-electron chi connectivity index (χ4n) is 1.86. The standard InChI is InChI=1S/C13H17FN2O3S/c1-3-20(18,19)12-7-9(14)4-5-10(12)15-13(17)16-11-6-8(11)2/h4-5,7-8,11H,3,6H2,1-2H3,(H2,15,16,17). The van der Waals surface area contributed by atoms with Gasteiger partial charge in [0.1, 0.15) is 5.82 Å². The van der Waals surface area contributed by atoms with Gasteiger partial charge in [0.15, 0.2) is 9.84 Å². The monoisotopic (exact) mass is 300 g/mol. The van der Waals surface area contributed by atoms with E-state index in [1.165, 1.54) is 13.0 Å². The molecule has 2 rings (SSSR count). The van der Waals surface area contributed by atoms with Crippen LogP contribution < -0.4 is 10.6 Å². The van der Waals surface area contributed by atoms with Gasteiger partial charge in [-0.05, 0) is 30.5 Å². The van der Waals surface area contributed by atoms with Gasteiger partial charge in [-0.1, -0.05) is 13.8 Å². The lowest BCUT2D eigenvalue weighted by atomic mass is 10.3. The van der Waals surface area contributed by atoms with Crippen molar-refractivity contribution in [3.63, 3.8) is 0 Å². The Morgan fingerprint density at radius 3 is 2.65 bits per heavy atom. The minimum Gasteiger partial charge on any atom is -0.335 e. The number of amides is 2. The van der Waals surface area contributed by atoms with Crippen LogP contribution in [0.5, 0.6) is 0 Å².